The van der Waals surface area contributed by atoms with E-state index >= 15 is 0 Å². The highest BCUT2D eigenvalue weighted by Crippen LogP contribution is 2.24. The Morgan fingerprint density at radius 1 is 1.12 bits per heavy atom. The molecule has 0 saturated carbocycles. The standard InChI is InChI=1S/C18H18F2N4/c1-18(2)11-24(12-23(18)3)17-21-9-13(10-22-17)4-5-14-8-15(19)6-7-16(14)20/h6-10H,11-12H2,1-3H3. The van der Waals surface area contributed by atoms with Gasteiger partial charge in [0.05, 0.1) is 17.8 Å². The van der Waals surface area contributed by atoms with E-state index in [0.717, 1.165) is 31.4 Å². The summed E-state index contributed by atoms with van der Waals surface area (Å²) in [6, 6.07) is 3.19. The first-order valence-corrected chi connectivity index (χ1v) is 7.60. The molecule has 124 valence electrons. The van der Waals surface area contributed by atoms with Crippen LogP contribution in [0.1, 0.15) is 25.0 Å². The molecule has 2 aromatic rings. The maximum Gasteiger partial charge on any atom is 0.226 e. The van der Waals surface area contributed by atoms with Gasteiger partial charge in [0.25, 0.3) is 0 Å². The number of rotatable bonds is 1. The van der Waals surface area contributed by atoms with E-state index in [1.165, 1.54) is 0 Å². The molecular weight excluding hydrogens is 310 g/mol. The summed E-state index contributed by atoms with van der Waals surface area (Å²) in [6.45, 7) is 5.93. The van der Waals surface area contributed by atoms with E-state index in [2.05, 4.69) is 52.5 Å². The van der Waals surface area contributed by atoms with Gasteiger partial charge >= 0.3 is 0 Å². The predicted molar refractivity (Wildman–Crippen MR) is 88.4 cm³/mol. The largest absolute Gasteiger partial charge is 0.326 e. The van der Waals surface area contributed by atoms with Crippen molar-refractivity contribution < 1.29 is 8.78 Å². The normalized spacial score (nSPS) is 16.8. The summed E-state index contributed by atoms with van der Waals surface area (Å²) in [5.41, 5.74) is 0.632. The number of anilines is 1. The van der Waals surface area contributed by atoms with Crippen LogP contribution in [0.15, 0.2) is 30.6 Å². The van der Waals surface area contributed by atoms with Crippen LogP contribution in [0, 0.1) is 23.5 Å². The maximum atomic E-state index is 13.5. The first-order valence-electron chi connectivity index (χ1n) is 7.60. The summed E-state index contributed by atoms with van der Waals surface area (Å²) >= 11 is 0. The fourth-order valence-electron chi connectivity index (χ4n) is 2.50. The third-order valence-corrected chi connectivity index (χ3v) is 4.18. The minimum atomic E-state index is -0.552. The zero-order valence-corrected chi connectivity index (χ0v) is 13.8. The van der Waals surface area contributed by atoms with Crippen LogP contribution in [0.25, 0.3) is 0 Å². The third kappa shape index (κ3) is 3.36. The molecule has 0 spiro atoms. The minimum absolute atomic E-state index is 0.0157. The lowest BCUT2D eigenvalue weighted by atomic mass is 10.1. The lowest BCUT2D eigenvalue weighted by Gasteiger charge is -2.24. The van der Waals surface area contributed by atoms with Crippen LogP contribution in [-0.4, -0.2) is 40.7 Å². The smallest absolute Gasteiger partial charge is 0.226 e. The SMILES string of the molecule is CN1CN(c2ncc(C#Cc3cc(F)ccc3F)cn2)CC1(C)C. The average Bonchev–Trinajstić information content (AvgIpc) is 2.82. The zero-order valence-electron chi connectivity index (χ0n) is 13.8. The lowest BCUT2D eigenvalue weighted by molar-refractivity contribution is 0.229. The second kappa shape index (κ2) is 6.17. The van der Waals surface area contributed by atoms with Gasteiger partial charge in [-0.3, -0.25) is 4.90 Å². The van der Waals surface area contributed by atoms with Gasteiger partial charge < -0.3 is 4.90 Å². The molecule has 6 heteroatoms. The van der Waals surface area contributed by atoms with Crippen LogP contribution in [0.3, 0.4) is 0 Å². The topological polar surface area (TPSA) is 32.3 Å². The molecule has 0 aliphatic carbocycles. The van der Waals surface area contributed by atoms with E-state index in [1.807, 2.05) is 0 Å². The van der Waals surface area contributed by atoms with Gasteiger partial charge in [0.1, 0.15) is 11.6 Å². The van der Waals surface area contributed by atoms with E-state index in [-0.39, 0.29) is 11.1 Å². The third-order valence-electron chi connectivity index (χ3n) is 4.18. The van der Waals surface area contributed by atoms with E-state index < -0.39 is 11.6 Å². The summed E-state index contributed by atoms with van der Waals surface area (Å²) in [4.78, 5) is 13.0. The number of hydrogen-bond acceptors (Lipinski definition) is 4. The zero-order chi connectivity index (χ0) is 17.3. The second-order valence-corrected chi connectivity index (χ2v) is 6.50. The van der Waals surface area contributed by atoms with Gasteiger partial charge in [-0.2, -0.15) is 0 Å². The van der Waals surface area contributed by atoms with Crippen molar-refractivity contribution in [2.75, 3.05) is 25.2 Å². The van der Waals surface area contributed by atoms with Gasteiger partial charge in [-0.25, -0.2) is 18.7 Å². The molecular formula is C18H18F2N4. The molecule has 1 aliphatic rings. The first kappa shape index (κ1) is 16.3. The molecule has 3 rings (SSSR count). The van der Waals surface area contributed by atoms with Crippen LogP contribution in [0.2, 0.25) is 0 Å². The molecule has 24 heavy (non-hydrogen) atoms. The van der Waals surface area contributed by atoms with Crippen molar-refractivity contribution in [2.24, 2.45) is 0 Å². The average molecular weight is 328 g/mol. The molecule has 2 heterocycles. The molecule has 1 aromatic carbocycles. The van der Waals surface area contributed by atoms with Crippen LogP contribution >= 0.6 is 0 Å². The van der Waals surface area contributed by atoms with Crippen molar-refractivity contribution in [3.8, 4) is 11.8 Å². The van der Waals surface area contributed by atoms with E-state index in [4.69, 9.17) is 0 Å². The summed E-state index contributed by atoms with van der Waals surface area (Å²) in [7, 11) is 2.06. The fourth-order valence-corrected chi connectivity index (χ4v) is 2.50. The Balaban J connectivity index is 1.77. The number of likely N-dealkylation sites (N-methyl/N-ethyl adjacent to an activating group) is 1. The Labute approximate surface area is 140 Å². The molecule has 0 unspecified atom stereocenters. The summed E-state index contributed by atoms with van der Waals surface area (Å²) < 4.78 is 26.7. The van der Waals surface area contributed by atoms with Crippen molar-refractivity contribution in [3.05, 3.63) is 53.4 Å². The number of halogens is 2. The van der Waals surface area contributed by atoms with E-state index in [9.17, 15) is 8.78 Å². The molecule has 0 bridgehead atoms. The Kier molecular flexibility index (Phi) is 4.20. The summed E-state index contributed by atoms with van der Waals surface area (Å²) in [5, 5.41) is 0. The highest BCUT2D eigenvalue weighted by molar-refractivity contribution is 5.43. The van der Waals surface area contributed by atoms with Crippen LogP contribution in [0.5, 0.6) is 0 Å². The highest BCUT2D eigenvalue weighted by Gasteiger charge is 2.35. The van der Waals surface area contributed by atoms with Crippen molar-refractivity contribution in [1.29, 1.82) is 0 Å². The van der Waals surface area contributed by atoms with Gasteiger partial charge in [0.15, 0.2) is 0 Å². The predicted octanol–water partition coefficient (Wildman–Crippen LogP) is 2.64. The number of aromatic nitrogens is 2. The van der Waals surface area contributed by atoms with E-state index in [1.54, 1.807) is 12.4 Å². The maximum absolute atomic E-state index is 13.5. The Hall–Kier alpha value is -2.52. The Morgan fingerprint density at radius 2 is 1.83 bits per heavy atom. The van der Waals surface area contributed by atoms with Gasteiger partial charge in [0.2, 0.25) is 5.95 Å². The Bertz CT molecular complexity index is 806. The quantitative estimate of drug-likeness (QED) is 0.754. The summed E-state index contributed by atoms with van der Waals surface area (Å²) in [6.07, 6.45) is 3.19. The molecule has 0 radical (unpaired) electrons. The van der Waals surface area contributed by atoms with Gasteiger partial charge in [0, 0.05) is 24.5 Å². The first-order chi connectivity index (χ1) is 11.3. The number of hydrogen-bond donors (Lipinski definition) is 0. The molecule has 1 saturated heterocycles. The van der Waals surface area contributed by atoms with Gasteiger partial charge in [-0.1, -0.05) is 11.8 Å². The monoisotopic (exact) mass is 328 g/mol. The van der Waals surface area contributed by atoms with Crippen molar-refractivity contribution >= 4 is 5.95 Å². The van der Waals surface area contributed by atoms with Crippen molar-refractivity contribution in [3.63, 3.8) is 0 Å². The Morgan fingerprint density at radius 3 is 2.46 bits per heavy atom. The molecule has 0 amide bonds. The van der Waals surface area contributed by atoms with Crippen molar-refractivity contribution in [1.82, 2.24) is 14.9 Å². The molecule has 1 aromatic heterocycles. The number of nitrogens with zero attached hydrogens (tertiary/aromatic N) is 4. The molecule has 0 atom stereocenters. The molecule has 1 fully saturated rings. The van der Waals surface area contributed by atoms with Crippen LogP contribution < -0.4 is 4.90 Å². The van der Waals surface area contributed by atoms with Gasteiger partial charge in [-0.05, 0) is 39.1 Å². The minimum Gasteiger partial charge on any atom is -0.326 e. The van der Waals surface area contributed by atoms with Crippen LogP contribution in [0.4, 0.5) is 14.7 Å². The fraction of sp³-hybridized carbons (Fsp3) is 0.333. The van der Waals surface area contributed by atoms with Crippen LogP contribution in [-0.2, 0) is 0 Å². The van der Waals surface area contributed by atoms with Gasteiger partial charge in [-0.15, -0.1) is 0 Å². The molecule has 0 N–H and O–H groups in total. The highest BCUT2D eigenvalue weighted by atomic mass is 19.1. The molecule has 4 nitrogen and oxygen atoms in total. The van der Waals surface area contributed by atoms with Crippen molar-refractivity contribution in [2.45, 2.75) is 19.4 Å². The second-order valence-electron chi connectivity index (χ2n) is 6.50. The summed E-state index contributed by atoms with van der Waals surface area (Å²) in [5.74, 6) is 4.94. The lowest BCUT2D eigenvalue weighted by Crippen LogP contribution is -2.36. The number of benzene rings is 1. The molecule has 1 aliphatic heterocycles. The van der Waals surface area contributed by atoms with E-state index in [0.29, 0.717) is 11.5 Å².